The van der Waals surface area contributed by atoms with Crippen LogP contribution in [0.4, 0.5) is 4.39 Å². The van der Waals surface area contributed by atoms with Crippen molar-refractivity contribution in [2.45, 2.75) is 83.3 Å². The topological polar surface area (TPSA) is 107 Å². The van der Waals surface area contributed by atoms with E-state index >= 15 is 0 Å². The van der Waals surface area contributed by atoms with Crippen LogP contribution in [0.15, 0.2) is 18.2 Å². The number of aromatic nitrogens is 2. The Hall–Kier alpha value is -2.97. The molecule has 1 aromatic heterocycles. The highest BCUT2D eigenvalue weighted by Crippen LogP contribution is 2.32. The number of rotatable bonds is 9. The number of imidazole rings is 1. The molecule has 4 rings (SSSR count). The van der Waals surface area contributed by atoms with Gasteiger partial charge in [-0.1, -0.05) is 13.0 Å². The van der Waals surface area contributed by atoms with E-state index in [1.807, 2.05) is 4.90 Å². The van der Waals surface area contributed by atoms with Gasteiger partial charge in [-0.05, 0) is 63.5 Å². The van der Waals surface area contributed by atoms with Crippen LogP contribution in [0.2, 0.25) is 0 Å². The van der Waals surface area contributed by atoms with Crippen LogP contribution in [0.3, 0.4) is 0 Å². The summed E-state index contributed by atoms with van der Waals surface area (Å²) in [5, 5.41) is 5.64. The molecule has 0 spiro atoms. The van der Waals surface area contributed by atoms with Gasteiger partial charge in [0.25, 0.3) is 0 Å². The number of likely N-dealkylation sites (tertiary alicyclic amines) is 1. The van der Waals surface area contributed by atoms with E-state index in [1.165, 1.54) is 6.07 Å². The molecule has 2 aliphatic rings. The minimum Gasteiger partial charge on any atom is -0.345 e. The number of para-hydroxylation sites is 1. The zero-order chi connectivity index (χ0) is 24.2. The van der Waals surface area contributed by atoms with Gasteiger partial charge >= 0.3 is 0 Å². The molecule has 0 radical (unpaired) electrons. The molecule has 1 aromatic carbocycles. The average Bonchev–Trinajstić information content (AvgIpc) is 3.51. The first-order valence-electron chi connectivity index (χ1n) is 12.4. The molecule has 2 aromatic rings. The van der Waals surface area contributed by atoms with Crippen LogP contribution in [0.25, 0.3) is 11.0 Å². The second-order valence-electron chi connectivity index (χ2n) is 9.60. The molecule has 1 aliphatic carbocycles. The number of aromatic amines is 1. The molecule has 3 atom stereocenters. The van der Waals surface area contributed by atoms with Crippen molar-refractivity contribution in [3.8, 4) is 0 Å². The fraction of sp³-hybridized carbons (Fsp3) is 0.600. The molecule has 2 fully saturated rings. The van der Waals surface area contributed by atoms with Crippen molar-refractivity contribution in [3.63, 3.8) is 0 Å². The van der Waals surface area contributed by atoms with Crippen LogP contribution in [-0.2, 0) is 14.4 Å². The number of H-pyrrole nitrogens is 1. The summed E-state index contributed by atoms with van der Waals surface area (Å²) < 4.78 is 14.0. The summed E-state index contributed by atoms with van der Waals surface area (Å²) >= 11 is 0. The van der Waals surface area contributed by atoms with Gasteiger partial charge in [0.15, 0.2) is 0 Å². The number of piperidine rings is 1. The van der Waals surface area contributed by atoms with E-state index in [1.54, 1.807) is 19.1 Å². The molecule has 1 saturated carbocycles. The van der Waals surface area contributed by atoms with Gasteiger partial charge in [0.1, 0.15) is 23.2 Å². The summed E-state index contributed by atoms with van der Waals surface area (Å²) in [7, 11) is 0. The quantitative estimate of drug-likeness (QED) is 0.521. The molecule has 2 heterocycles. The largest absolute Gasteiger partial charge is 0.345 e. The van der Waals surface area contributed by atoms with E-state index in [0.717, 1.165) is 38.5 Å². The summed E-state index contributed by atoms with van der Waals surface area (Å²) in [4.78, 5) is 48.0. The van der Waals surface area contributed by atoms with Crippen molar-refractivity contribution in [2.24, 2.45) is 5.92 Å². The van der Waals surface area contributed by atoms with Gasteiger partial charge in [0.2, 0.25) is 17.7 Å². The van der Waals surface area contributed by atoms with Crippen LogP contribution in [0, 0.1) is 11.7 Å². The third kappa shape index (κ3) is 5.74. The fourth-order valence-corrected chi connectivity index (χ4v) is 4.69. The van der Waals surface area contributed by atoms with Gasteiger partial charge in [-0.15, -0.1) is 0 Å². The Balaban J connectivity index is 1.46. The fourth-order valence-electron chi connectivity index (χ4n) is 4.69. The highest BCUT2D eigenvalue weighted by atomic mass is 19.1. The van der Waals surface area contributed by atoms with Crippen molar-refractivity contribution >= 4 is 28.8 Å². The van der Waals surface area contributed by atoms with Crippen molar-refractivity contribution in [2.75, 3.05) is 6.54 Å². The van der Waals surface area contributed by atoms with Gasteiger partial charge in [-0.3, -0.25) is 14.4 Å². The lowest BCUT2D eigenvalue weighted by Crippen LogP contribution is -2.52. The molecule has 3 N–H and O–H groups in total. The van der Waals surface area contributed by atoms with Crippen molar-refractivity contribution in [1.29, 1.82) is 0 Å². The number of amides is 3. The molecule has 1 saturated heterocycles. The van der Waals surface area contributed by atoms with E-state index < -0.39 is 23.8 Å². The van der Waals surface area contributed by atoms with Crippen LogP contribution in [0.5, 0.6) is 0 Å². The van der Waals surface area contributed by atoms with Crippen molar-refractivity contribution in [1.82, 2.24) is 25.5 Å². The highest BCUT2D eigenvalue weighted by Gasteiger charge is 2.32. The number of hydrogen-bond acceptors (Lipinski definition) is 4. The number of nitrogens with one attached hydrogen (secondary N) is 3. The highest BCUT2D eigenvalue weighted by molar-refractivity contribution is 5.92. The lowest BCUT2D eigenvalue weighted by Gasteiger charge is -2.36. The zero-order valence-electron chi connectivity index (χ0n) is 19.9. The first kappa shape index (κ1) is 24.2. The van der Waals surface area contributed by atoms with Gasteiger partial charge in [-0.2, -0.15) is 0 Å². The number of hydrogen-bond donors (Lipinski definition) is 3. The van der Waals surface area contributed by atoms with Gasteiger partial charge in [0.05, 0.1) is 18.0 Å². The Morgan fingerprint density at radius 2 is 2.00 bits per heavy atom. The smallest absolute Gasteiger partial charge is 0.243 e. The second-order valence-corrected chi connectivity index (χ2v) is 9.60. The Morgan fingerprint density at radius 3 is 2.71 bits per heavy atom. The molecular weight excluding hydrogens is 437 g/mol. The predicted molar refractivity (Wildman–Crippen MR) is 126 cm³/mol. The number of carbonyl (C=O) groups is 3. The first-order valence-corrected chi connectivity index (χ1v) is 12.4. The van der Waals surface area contributed by atoms with Crippen molar-refractivity contribution < 1.29 is 18.8 Å². The molecular formula is C25H34FN5O3. The standard InChI is InChI=1S/C25H34FN5O3/c1-3-17-7-4-5-12-31(17)22(33)14-20(28-21(32)13-16-10-11-16)25(34)27-15(2)24-29-19-9-6-8-18(26)23(19)30-24/h6,8-9,15-17,20H,3-5,7,10-14H2,1-2H3,(H,27,34)(H,28,32)(H,29,30)/t15-,17-,20-/m0/s1. The van der Waals surface area contributed by atoms with Gasteiger partial charge in [0, 0.05) is 19.0 Å². The minimum atomic E-state index is -0.971. The number of carbonyl (C=O) groups excluding carboxylic acids is 3. The van der Waals surface area contributed by atoms with Crippen LogP contribution in [0.1, 0.15) is 77.1 Å². The van der Waals surface area contributed by atoms with Crippen LogP contribution >= 0.6 is 0 Å². The number of nitrogens with zero attached hydrogens (tertiary/aromatic N) is 2. The summed E-state index contributed by atoms with van der Waals surface area (Å²) in [6.45, 7) is 4.48. The molecule has 3 amide bonds. The minimum absolute atomic E-state index is 0.0831. The number of benzene rings is 1. The predicted octanol–water partition coefficient (Wildman–Crippen LogP) is 3.35. The van der Waals surface area contributed by atoms with Crippen LogP contribution in [-0.4, -0.2) is 51.2 Å². The molecule has 0 unspecified atom stereocenters. The maximum Gasteiger partial charge on any atom is 0.243 e. The molecule has 1 aliphatic heterocycles. The normalized spacial score (nSPS) is 20.1. The van der Waals surface area contributed by atoms with E-state index in [2.05, 4.69) is 27.5 Å². The van der Waals surface area contributed by atoms with E-state index in [-0.39, 0.29) is 29.8 Å². The summed E-state index contributed by atoms with van der Waals surface area (Å²) in [6, 6.07) is 3.26. The molecule has 0 bridgehead atoms. The Kier molecular flexibility index (Phi) is 7.48. The average molecular weight is 472 g/mol. The third-order valence-electron chi connectivity index (χ3n) is 6.87. The van der Waals surface area contributed by atoms with E-state index in [9.17, 15) is 18.8 Å². The summed E-state index contributed by atoms with van der Waals surface area (Å²) in [6.07, 6.45) is 6.22. The van der Waals surface area contributed by atoms with Crippen LogP contribution < -0.4 is 10.6 Å². The van der Waals surface area contributed by atoms with Gasteiger partial charge < -0.3 is 20.5 Å². The SMILES string of the molecule is CC[C@H]1CCCCN1C(=O)C[C@H](NC(=O)CC1CC1)C(=O)N[C@@H](C)c1nc2cccc(F)c2[nH]1. The maximum atomic E-state index is 14.0. The lowest BCUT2D eigenvalue weighted by molar-refractivity contribution is -0.139. The molecule has 8 nitrogen and oxygen atoms in total. The molecule has 184 valence electrons. The second kappa shape index (κ2) is 10.5. The third-order valence-corrected chi connectivity index (χ3v) is 6.87. The van der Waals surface area contributed by atoms with Gasteiger partial charge in [-0.25, -0.2) is 9.37 Å². The number of halogens is 1. The van der Waals surface area contributed by atoms with Crippen molar-refractivity contribution in [3.05, 3.63) is 29.8 Å². The monoisotopic (exact) mass is 471 g/mol. The summed E-state index contributed by atoms with van der Waals surface area (Å²) in [5.41, 5.74) is 0.745. The van der Waals surface area contributed by atoms with E-state index in [0.29, 0.717) is 30.2 Å². The Morgan fingerprint density at radius 1 is 1.21 bits per heavy atom. The number of fused-ring (bicyclic) bond motifs is 1. The maximum absolute atomic E-state index is 14.0. The zero-order valence-corrected chi connectivity index (χ0v) is 19.9. The summed E-state index contributed by atoms with van der Waals surface area (Å²) in [5.74, 6) is -0.412. The molecule has 9 heteroatoms. The first-order chi connectivity index (χ1) is 16.4. The molecule has 34 heavy (non-hydrogen) atoms. The van der Waals surface area contributed by atoms with E-state index in [4.69, 9.17) is 0 Å². The lowest BCUT2D eigenvalue weighted by atomic mass is 9.98. The Bertz CT molecular complexity index is 1050. The Labute approximate surface area is 199 Å².